The van der Waals surface area contributed by atoms with Crippen LogP contribution in [0.3, 0.4) is 0 Å². The van der Waals surface area contributed by atoms with Crippen LogP contribution in [0.1, 0.15) is 21.5 Å². The van der Waals surface area contributed by atoms with Gasteiger partial charge in [-0.05, 0) is 31.0 Å². The predicted octanol–water partition coefficient (Wildman–Crippen LogP) is 0.989. The Bertz CT molecular complexity index is 480. The highest BCUT2D eigenvalue weighted by molar-refractivity contribution is 6.43. The number of primary amides is 1. The maximum absolute atomic E-state index is 11.6. The van der Waals surface area contributed by atoms with Crippen molar-refractivity contribution in [3.05, 3.63) is 22.8 Å². The van der Waals surface area contributed by atoms with Crippen LogP contribution >= 0.6 is 0 Å². The monoisotopic (exact) mass is 237 g/mol. The van der Waals surface area contributed by atoms with Gasteiger partial charge in [-0.25, -0.2) is 0 Å². The molecule has 17 heavy (non-hydrogen) atoms. The molecule has 1 rings (SSSR count). The number of benzene rings is 1. The molecule has 0 radical (unpaired) electrons. The molecular formula is C12H15NO4. The lowest BCUT2D eigenvalue weighted by Crippen LogP contribution is -2.24. The number of nitrogens with two attached hydrogens (primary N) is 1. The van der Waals surface area contributed by atoms with Crippen LogP contribution in [-0.2, 0) is 4.79 Å². The average molecular weight is 237 g/mol. The molecule has 1 aromatic rings. The minimum absolute atomic E-state index is 0.125. The van der Waals surface area contributed by atoms with E-state index in [1.165, 1.54) is 20.3 Å². The highest BCUT2D eigenvalue weighted by Crippen LogP contribution is 2.33. The highest BCUT2D eigenvalue weighted by Gasteiger charge is 2.22. The molecule has 0 saturated heterocycles. The Labute approximate surface area is 99.5 Å². The van der Waals surface area contributed by atoms with Gasteiger partial charge in [-0.15, -0.1) is 0 Å². The van der Waals surface area contributed by atoms with Crippen LogP contribution in [0.15, 0.2) is 6.07 Å². The van der Waals surface area contributed by atoms with Crippen LogP contribution in [0.2, 0.25) is 0 Å². The first-order valence-corrected chi connectivity index (χ1v) is 5.00. The van der Waals surface area contributed by atoms with Crippen molar-refractivity contribution >= 4 is 11.7 Å². The fourth-order valence-corrected chi connectivity index (χ4v) is 1.64. The molecule has 0 fully saturated rings. The molecule has 1 aromatic carbocycles. The Balaban J connectivity index is 3.53. The molecule has 2 N–H and O–H groups in total. The molecule has 92 valence electrons. The highest BCUT2D eigenvalue weighted by atomic mass is 16.5. The minimum atomic E-state index is -1.02. The van der Waals surface area contributed by atoms with E-state index >= 15 is 0 Å². The molecule has 0 saturated carbocycles. The van der Waals surface area contributed by atoms with Gasteiger partial charge in [0.2, 0.25) is 0 Å². The van der Waals surface area contributed by atoms with Crippen molar-refractivity contribution in [2.24, 2.45) is 5.73 Å². The van der Waals surface area contributed by atoms with E-state index < -0.39 is 11.7 Å². The fraction of sp³-hybridized carbons (Fsp3) is 0.333. The number of methoxy groups -OCH3 is 2. The lowest BCUT2D eigenvalue weighted by molar-refractivity contribution is -0.114. The second-order valence-electron chi connectivity index (χ2n) is 3.60. The summed E-state index contributed by atoms with van der Waals surface area (Å²) in [6.07, 6.45) is 0. The molecule has 1 amide bonds. The quantitative estimate of drug-likeness (QED) is 0.625. The summed E-state index contributed by atoms with van der Waals surface area (Å²) in [4.78, 5) is 22.6. The first kappa shape index (κ1) is 13.0. The maximum Gasteiger partial charge on any atom is 0.289 e. The minimum Gasteiger partial charge on any atom is -0.496 e. The third kappa shape index (κ3) is 2.22. The van der Waals surface area contributed by atoms with Crippen LogP contribution in [0, 0.1) is 13.8 Å². The van der Waals surface area contributed by atoms with Crippen LogP contribution < -0.4 is 15.2 Å². The van der Waals surface area contributed by atoms with Gasteiger partial charge in [0.15, 0.2) is 0 Å². The van der Waals surface area contributed by atoms with Gasteiger partial charge >= 0.3 is 0 Å². The Hall–Kier alpha value is -2.04. The van der Waals surface area contributed by atoms with E-state index in [0.717, 1.165) is 11.1 Å². The van der Waals surface area contributed by atoms with Crippen LogP contribution in [-0.4, -0.2) is 25.9 Å². The molecule has 0 heterocycles. The Morgan fingerprint density at radius 1 is 1.12 bits per heavy atom. The van der Waals surface area contributed by atoms with Gasteiger partial charge in [0.1, 0.15) is 11.5 Å². The van der Waals surface area contributed by atoms with E-state index in [1.54, 1.807) is 6.92 Å². The summed E-state index contributed by atoms with van der Waals surface area (Å²) in [6.45, 7) is 3.63. The average Bonchev–Trinajstić information content (AvgIpc) is 2.31. The van der Waals surface area contributed by atoms with Gasteiger partial charge in [0, 0.05) is 0 Å². The number of carbonyl (C=O) groups is 2. The summed E-state index contributed by atoms with van der Waals surface area (Å²) < 4.78 is 10.3. The summed E-state index contributed by atoms with van der Waals surface area (Å²) in [7, 11) is 2.93. The van der Waals surface area contributed by atoms with Crippen molar-refractivity contribution in [1.82, 2.24) is 0 Å². The molecular weight excluding hydrogens is 222 g/mol. The van der Waals surface area contributed by atoms with Crippen LogP contribution in [0.5, 0.6) is 11.5 Å². The molecule has 0 aromatic heterocycles. The van der Waals surface area contributed by atoms with Crippen molar-refractivity contribution in [1.29, 1.82) is 0 Å². The summed E-state index contributed by atoms with van der Waals surface area (Å²) in [6, 6.07) is 1.47. The van der Waals surface area contributed by atoms with Crippen molar-refractivity contribution < 1.29 is 19.1 Å². The predicted molar refractivity (Wildman–Crippen MR) is 62.5 cm³/mol. The van der Waals surface area contributed by atoms with Crippen molar-refractivity contribution in [2.75, 3.05) is 14.2 Å². The van der Waals surface area contributed by atoms with E-state index in [-0.39, 0.29) is 5.56 Å². The number of ketones is 1. The summed E-state index contributed by atoms with van der Waals surface area (Å²) in [5, 5.41) is 0. The van der Waals surface area contributed by atoms with Gasteiger partial charge in [-0.2, -0.15) is 0 Å². The van der Waals surface area contributed by atoms with E-state index in [9.17, 15) is 9.59 Å². The largest absolute Gasteiger partial charge is 0.496 e. The number of hydrogen-bond acceptors (Lipinski definition) is 4. The normalized spacial score (nSPS) is 9.88. The van der Waals surface area contributed by atoms with Gasteiger partial charge in [0.25, 0.3) is 11.7 Å². The number of hydrogen-bond donors (Lipinski definition) is 1. The summed E-state index contributed by atoms with van der Waals surface area (Å²) >= 11 is 0. The fourth-order valence-electron chi connectivity index (χ4n) is 1.64. The lowest BCUT2D eigenvalue weighted by atomic mass is 10.00. The molecule has 0 unspecified atom stereocenters. The summed E-state index contributed by atoms with van der Waals surface area (Å²) in [5.74, 6) is -0.933. The maximum atomic E-state index is 11.6. The molecule has 5 nitrogen and oxygen atoms in total. The third-order valence-electron chi connectivity index (χ3n) is 2.69. The van der Waals surface area contributed by atoms with E-state index in [1.807, 2.05) is 6.92 Å². The van der Waals surface area contributed by atoms with Gasteiger partial charge < -0.3 is 15.2 Å². The first-order valence-electron chi connectivity index (χ1n) is 5.00. The molecule has 0 bridgehead atoms. The van der Waals surface area contributed by atoms with Crippen molar-refractivity contribution in [3.8, 4) is 11.5 Å². The Morgan fingerprint density at radius 2 is 1.71 bits per heavy atom. The zero-order valence-corrected chi connectivity index (χ0v) is 10.3. The SMILES string of the molecule is COc1cc(C(=O)C(N)=O)c(OC)c(C)c1C. The van der Waals surface area contributed by atoms with Gasteiger partial charge in [-0.1, -0.05) is 0 Å². The first-order chi connectivity index (χ1) is 7.93. The number of amides is 1. The molecule has 5 heteroatoms. The lowest BCUT2D eigenvalue weighted by Gasteiger charge is -2.15. The van der Waals surface area contributed by atoms with Crippen LogP contribution in [0.25, 0.3) is 0 Å². The van der Waals surface area contributed by atoms with E-state index in [0.29, 0.717) is 11.5 Å². The van der Waals surface area contributed by atoms with Gasteiger partial charge in [-0.3, -0.25) is 9.59 Å². The van der Waals surface area contributed by atoms with Crippen molar-refractivity contribution in [2.45, 2.75) is 13.8 Å². The number of Topliss-reactive ketones (excluding diaryl/α,β-unsaturated/α-hetero) is 1. The zero-order chi connectivity index (χ0) is 13.2. The third-order valence-corrected chi connectivity index (χ3v) is 2.69. The molecule has 0 aliphatic carbocycles. The topological polar surface area (TPSA) is 78.6 Å². The number of ether oxygens (including phenoxy) is 2. The Kier molecular flexibility index (Phi) is 3.73. The molecule has 0 aliphatic rings. The molecule has 0 atom stereocenters. The van der Waals surface area contributed by atoms with Crippen molar-refractivity contribution in [3.63, 3.8) is 0 Å². The number of rotatable bonds is 4. The smallest absolute Gasteiger partial charge is 0.289 e. The Morgan fingerprint density at radius 3 is 2.12 bits per heavy atom. The van der Waals surface area contributed by atoms with Crippen LogP contribution in [0.4, 0.5) is 0 Å². The zero-order valence-electron chi connectivity index (χ0n) is 10.3. The second kappa shape index (κ2) is 4.86. The molecule has 0 spiro atoms. The van der Waals surface area contributed by atoms with E-state index in [2.05, 4.69) is 0 Å². The molecule has 0 aliphatic heterocycles. The summed E-state index contributed by atoms with van der Waals surface area (Å²) in [5.41, 5.74) is 6.71. The standard InChI is InChI=1S/C12H15NO4/c1-6-7(2)11(17-4)8(5-9(6)16-3)10(14)12(13)15/h5H,1-4H3,(H2,13,15). The second-order valence-corrected chi connectivity index (χ2v) is 3.60. The number of carbonyl (C=O) groups excluding carboxylic acids is 2. The van der Waals surface area contributed by atoms with E-state index in [4.69, 9.17) is 15.2 Å². The van der Waals surface area contributed by atoms with Gasteiger partial charge in [0.05, 0.1) is 19.8 Å².